The molecule has 0 saturated carbocycles. The Morgan fingerprint density at radius 2 is 2.05 bits per heavy atom. The fourth-order valence-electron chi connectivity index (χ4n) is 2.12. The lowest BCUT2D eigenvalue weighted by molar-refractivity contribution is 0.0946. The molecule has 2 heterocycles. The first kappa shape index (κ1) is 17.2. The summed E-state index contributed by atoms with van der Waals surface area (Å²) in [5.74, 6) is -0.159. The Kier molecular flexibility index (Phi) is 5.80. The third-order valence-electron chi connectivity index (χ3n) is 3.38. The van der Waals surface area contributed by atoms with Crippen LogP contribution in [0.15, 0.2) is 15.1 Å². The fraction of sp³-hybridized carbons (Fsp3) is 0.500. The Morgan fingerprint density at radius 3 is 2.59 bits per heavy atom. The number of amides is 1. The van der Waals surface area contributed by atoms with Gasteiger partial charge in [0.2, 0.25) is 0 Å². The predicted molar refractivity (Wildman–Crippen MR) is 92.0 cm³/mol. The van der Waals surface area contributed by atoms with Crippen LogP contribution >= 0.6 is 31.9 Å². The van der Waals surface area contributed by atoms with Crippen LogP contribution in [0.4, 0.5) is 0 Å². The van der Waals surface area contributed by atoms with E-state index >= 15 is 0 Å². The number of aryl methyl sites for hydroxylation is 3. The number of hydrogen-bond donors (Lipinski definition) is 1. The van der Waals surface area contributed by atoms with Crippen LogP contribution in [-0.2, 0) is 13.1 Å². The predicted octanol–water partition coefficient (Wildman–Crippen LogP) is 3.06. The van der Waals surface area contributed by atoms with Crippen molar-refractivity contribution in [3.63, 3.8) is 0 Å². The molecule has 0 aromatic carbocycles. The highest BCUT2D eigenvalue weighted by molar-refractivity contribution is 9.10. The highest BCUT2D eigenvalue weighted by Gasteiger charge is 2.14. The maximum atomic E-state index is 12.1. The molecule has 1 amide bonds. The highest BCUT2D eigenvalue weighted by atomic mass is 79.9. The molecule has 0 radical (unpaired) electrons. The lowest BCUT2D eigenvalue weighted by Crippen LogP contribution is -2.26. The molecule has 0 atom stereocenters. The van der Waals surface area contributed by atoms with Crippen LogP contribution in [0.25, 0.3) is 0 Å². The number of hydrogen-bond acceptors (Lipinski definition) is 3. The van der Waals surface area contributed by atoms with E-state index in [1.165, 1.54) is 0 Å². The molecule has 2 rings (SSSR count). The molecule has 0 fully saturated rings. The van der Waals surface area contributed by atoms with Crippen LogP contribution in [0.2, 0.25) is 0 Å². The zero-order valence-electron chi connectivity index (χ0n) is 12.9. The van der Waals surface area contributed by atoms with Gasteiger partial charge in [0, 0.05) is 31.5 Å². The van der Waals surface area contributed by atoms with Gasteiger partial charge in [0.05, 0.1) is 14.6 Å². The fourth-order valence-corrected chi connectivity index (χ4v) is 2.90. The first-order chi connectivity index (χ1) is 10.4. The second-order valence-corrected chi connectivity index (χ2v) is 6.65. The minimum absolute atomic E-state index is 0.159. The van der Waals surface area contributed by atoms with Crippen molar-refractivity contribution in [2.75, 3.05) is 6.54 Å². The third kappa shape index (κ3) is 3.78. The molecule has 6 nitrogen and oxygen atoms in total. The summed E-state index contributed by atoms with van der Waals surface area (Å²) < 4.78 is 5.44. The molecule has 2 aromatic rings. The number of nitrogens with one attached hydrogen (secondary N) is 1. The van der Waals surface area contributed by atoms with Gasteiger partial charge in [-0.15, -0.1) is 0 Å². The lowest BCUT2D eigenvalue weighted by Gasteiger charge is -2.06. The Morgan fingerprint density at radius 1 is 1.32 bits per heavy atom. The standard InChI is InChI=1S/C14H19Br2N5O/c1-4-20-8-11(15)13(19-20)14(22)17-6-5-7-21-10(3)12(16)9(2)18-21/h8H,4-7H2,1-3H3,(H,17,22). The maximum Gasteiger partial charge on any atom is 0.272 e. The van der Waals surface area contributed by atoms with Crippen molar-refractivity contribution < 1.29 is 4.79 Å². The summed E-state index contributed by atoms with van der Waals surface area (Å²) in [6, 6.07) is 0. The molecule has 0 aliphatic rings. The number of aromatic nitrogens is 4. The maximum absolute atomic E-state index is 12.1. The van der Waals surface area contributed by atoms with E-state index in [4.69, 9.17) is 0 Å². The number of carbonyl (C=O) groups is 1. The zero-order chi connectivity index (χ0) is 16.3. The molecule has 22 heavy (non-hydrogen) atoms. The number of halogens is 2. The van der Waals surface area contributed by atoms with Crippen molar-refractivity contribution >= 4 is 37.8 Å². The van der Waals surface area contributed by atoms with Gasteiger partial charge in [0.15, 0.2) is 5.69 Å². The van der Waals surface area contributed by atoms with Crippen molar-refractivity contribution in [2.45, 2.75) is 40.3 Å². The quantitative estimate of drug-likeness (QED) is 0.713. The Labute approximate surface area is 146 Å². The topological polar surface area (TPSA) is 64.7 Å². The van der Waals surface area contributed by atoms with Gasteiger partial charge >= 0.3 is 0 Å². The van der Waals surface area contributed by atoms with Crippen molar-refractivity contribution in [1.29, 1.82) is 0 Å². The van der Waals surface area contributed by atoms with E-state index < -0.39 is 0 Å². The van der Waals surface area contributed by atoms with Crippen LogP contribution in [0.3, 0.4) is 0 Å². The van der Waals surface area contributed by atoms with E-state index in [0.29, 0.717) is 16.7 Å². The van der Waals surface area contributed by atoms with E-state index in [-0.39, 0.29) is 5.91 Å². The zero-order valence-corrected chi connectivity index (χ0v) is 16.0. The Balaban J connectivity index is 1.84. The van der Waals surface area contributed by atoms with E-state index in [0.717, 1.165) is 35.4 Å². The number of carbonyl (C=O) groups excluding carboxylic acids is 1. The van der Waals surface area contributed by atoms with Gasteiger partial charge in [-0.25, -0.2) is 0 Å². The molecule has 0 bridgehead atoms. The largest absolute Gasteiger partial charge is 0.351 e. The molecule has 0 spiro atoms. The third-order valence-corrected chi connectivity index (χ3v) is 5.11. The van der Waals surface area contributed by atoms with Gasteiger partial charge in [-0.05, 0) is 59.1 Å². The smallest absolute Gasteiger partial charge is 0.272 e. The Bertz CT molecular complexity index is 677. The second-order valence-electron chi connectivity index (χ2n) is 5.00. The van der Waals surface area contributed by atoms with Crippen molar-refractivity contribution in [3.8, 4) is 0 Å². The van der Waals surface area contributed by atoms with E-state index in [2.05, 4.69) is 47.4 Å². The van der Waals surface area contributed by atoms with Gasteiger partial charge in [-0.1, -0.05) is 0 Å². The molecule has 120 valence electrons. The summed E-state index contributed by atoms with van der Waals surface area (Å²) in [7, 11) is 0. The molecule has 1 N–H and O–H groups in total. The van der Waals surface area contributed by atoms with Crippen LogP contribution in [0.1, 0.15) is 35.2 Å². The van der Waals surface area contributed by atoms with Crippen LogP contribution in [0.5, 0.6) is 0 Å². The van der Waals surface area contributed by atoms with Crippen LogP contribution in [0, 0.1) is 13.8 Å². The average Bonchev–Trinajstić information content (AvgIpc) is 2.99. The van der Waals surface area contributed by atoms with Gasteiger partial charge in [0.25, 0.3) is 5.91 Å². The first-order valence-corrected chi connectivity index (χ1v) is 8.73. The molecule has 0 aliphatic carbocycles. The summed E-state index contributed by atoms with van der Waals surface area (Å²) in [4.78, 5) is 12.1. The van der Waals surface area contributed by atoms with Crippen molar-refractivity contribution in [2.24, 2.45) is 0 Å². The van der Waals surface area contributed by atoms with E-state index in [9.17, 15) is 4.79 Å². The summed E-state index contributed by atoms with van der Waals surface area (Å²) >= 11 is 6.87. The van der Waals surface area contributed by atoms with Gasteiger partial charge in [-0.2, -0.15) is 10.2 Å². The van der Waals surface area contributed by atoms with E-state index in [1.54, 1.807) is 4.68 Å². The molecular weight excluding hydrogens is 414 g/mol. The number of nitrogens with zero attached hydrogens (tertiary/aromatic N) is 4. The molecule has 2 aromatic heterocycles. The second kappa shape index (κ2) is 7.41. The number of rotatable bonds is 6. The van der Waals surface area contributed by atoms with Gasteiger partial charge in [-0.3, -0.25) is 14.2 Å². The molecule has 0 saturated heterocycles. The minimum Gasteiger partial charge on any atom is -0.351 e. The molecular formula is C14H19Br2N5O. The minimum atomic E-state index is -0.159. The summed E-state index contributed by atoms with van der Waals surface area (Å²) in [6.45, 7) is 8.06. The average molecular weight is 433 g/mol. The van der Waals surface area contributed by atoms with Crippen LogP contribution in [-0.4, -0.2) is 32.0 Å². The normalized spacial score (nSPS) is 11.0. The Hall–Kier alpha value is -1.15. The van der Waals surface area contributed by atoms with Gasteiger partial charge < -0.3 is 5.32 Å². The van der Waals surface area contributed by atoms with Crippen LogP contribution < -0.4 is 5.32 Å². The SMILES string of the molecule is CCn1cc(Br)c(C(=O)NCCCn2nc(C)c(Br)c2C)n1. The molecule has 0 unspecified atom stereocenters. The molecule has 8 heteroatoms. The first-order valence-electron chi connectivity index (χ1n) is 7.14. The van der Waals surface area contributed by atoms with Gasteiger partial charge in [0.1, 0.15) is 0 Å². The lowest BCUT2D eigenvalue weighted by atomic mass is 10.3. The monoisotopic (exact) mass is 431 g/mol. The summed E-state index contributed by atoms with van der Waals surface area (Å²) in [5, 5.41) is 11.6. The van der Waals surface area contributed by atoms with Crippen molar-refractivity contribution in [1.82, 2.24) is 24.9 Å². The molecule has 0 aliphatic heterocycles. The summed E-state index contributed by atoms with van der Waals surface area (Å²) in [5.41, 5.74) is 2.51. The van der Waals surface area contributed by atoms with Crippen molar-refractivity contribution in [3.05, 3.63) is 32.2 Å². The summed E-state index contributed by atoms with van der Waals surface area (Å²) in [6.07, 6.45) is 2.62. The highest BCUT2D eigenvalue weighted by Crippen LogP contribution is 2.19. The van der Waals surface area contributed by atoms with E-state index in [1.807, 2.05) is 31.6 Å².